The maximum atomic E-state index is 13.6. The van der Waals surface area contributed by atoms with Crippen molar-refractivity contribution in [2.45, 2.75) is 0 Å². The van der Waals surface area contributed by atoms with Crippen LogP contribution in [0.5, 0.6) is 0 Å². The number of nitrogens with zero attached hydrogens (tertiary/aromatic N) is 2. The third-order valence-corrected chi connectivity index (χ3v) is 3.75. The molecule has 2 N–H and O–H groups in total. The van der Waals surface area contributed by atoms with Crippen LogP contribution in [0.15, 0.2) is 54.7 Å². The SMILES string of the molecule is O=C(Nc1ccccc1F)c1ccnc(Nc2cc(Cl)ccc2Cl)n1. The number of para-hydroxylation sites is 1. The molecule has 25 heavy (non-hydrogen) atoms. The van der Waals surface area contributed by atoms with Crippen LogP contribution in [-0.2, 0) is 0 Å². The van der Waals surface area contributed by atoms with Gasteiger partial charge in [-0.3, -0.25) is 4.79 Å². The summed E-state index contributed by atoms with van der Waals surface area (Å²) in [4.78, 5) is 20.4. The number of halogens is 3. The zero-order chi connectivity index (χ0) is 17.8. The number of carbonyl (C=O) groups is 1. The van der Waals surface area contributed by atoms with Crippen LogP contribution in [0.25, 0.3) is 0 Å². The monoisotopic (exact) mass is 376 g/mol. The Kier molecular flexibility index (Phi) is 5.11. The summed E-state index contributed by atoms with van der Waals surface area (Å²) in [5, 5.41) is 6.26. The van der Waals surface area contributed by atoms with Gasteiger partial charge in [-0.1, -0.05) is 35.3 Å². The lowest BCUT2D eigenvalue weighted by Gasteiger charge is -2.09. The van der Waals surface area contributed by atoms with Gasteiger partial charge in [0.1, 0.15) is 11.5 Å². The summed E-state index contributed by atoms with van der Waals surface area (Å²) in [7, 11) is 0. The van der Waals surface area contributed by atoms with Crippen LogP contribution >= 0.6 is 23.2 Å². The number of hydrogen-bond acceptors (Lipinski definition) is 4. The highest BCUT2D eigenvalue weighted by Crippen LogP contribution is 2.27. The molecule has 2 aromatic carbocycles. The van der Waals surface area contributed by atoms with Gasteiger partial charge < -0.3 is 10.6 Å². The van der Waals surface area contributed by atoms with Gasteiger partial charge in [0.15, 0.2) is 0 Å². The lowest BCUT2D eigenvalue weighted by atomic mass is 10.3. The van der Waals surface area contributed by atoms with Gasteiger partial charge in [-0.15, -0.1) is 0 Å². The molecule has 0 spiro atoms. The second-order valence-electron chi connectivity index (χ2n) is 4.95. The van der Waals surface area contributed by atoms with Crippen molar-refractivity contribution in [1.82, 2.24) is 9.97 Å². The largest absolute Gasteiger partial charge is 0.323 e. The lowest BCUT2D eigenvalue weighted by Crippen LogP contribution is -2.15. The minimum absolute atomic E-state index is 0.0681. The average Bonchev–Trinajstić information content (AvgIpc) is 2.60. The molecule has 0 fully saturated rings. The number of rotatable bonds is 4. The zero-order valence-corrected chi connectivity index (χ0v) is 14.1. The molecule has 0 saturated carbocycles. The van der Waals surface area contributed by atoms with Gasteiger partial charge >= 0.3 is 0 Å². The summed E-state index contributed by atoms with van der Waals surface area (Å²) in [5.41, 5.74) is 0.637. The normalized spacial score (nSPS) is 10.4. The van der Waals surface area contributed by atoms with Gasteiger partial charge in [-0.05, 0) is 36.4 Å². The predicted octanol–water partition coefficient (Wildman–Crippen LogP) is 4.92. The van der Waals surface area contributed by atoms with E-state index in [9.17, 15) is 9.18 Å². The molecule has 1 aromatic heterocycles. The number of benzene rings is 2. The molecule has 0 bridgehead atoms. The average molecular weight is 377 g/mol. The number of hydrogen-bond donors (Lipinski definition) is 2. The van der Waals surface area contributed by atoms with E-state index in [0.717, 1.165) is 0 Å². The van der Waals surface area contributed by atoms with E-state index in [0.29, 0.717) is 15.7 Å². The molecule has 0 aliphatic rings. The molecule has 3 rings (SSSR count). The van der Waals surface area contributed by atoms with Crippen molar-refractivity contribution in [2.75, 3.05) is 10.6 Å². The van der Waals surface area contributed by atoms with Crippen molar-refractivity contribution in [3.05, 3.63) is 76.3 Å². The number of nitrogens with one attached hydrogen (secondary N) is 2. The first-order valence-corrected chi connectivity index (χ1v) is 7.89. The van der Waals surface area contributed by atoms with Gasteiger partial charge in [0.25, 0.3) is 5.91 Å². The Hall–Kier alpha value is -2.70. The number of carbonyl (C=O) groups excluding carboxylic acids is 1. The Morgan fingerprint density at radius 2 is 1.84 bits per heavy atom. The van der Waals surface area contributed by atoms with Crippen molar-refractivity contribution in [1.29, 1.82) is 0 Å². The van der Waals surface area contributed by atoms with E-state index in [-0.39, 0.29) is 17.3 Å². The van der Waals surface area contributed by atoms with E-state index >= 15 is 0 Å². The molecule has 0 unspecified atom stereocenters. The Morgan fingerprint density at radius 3 is 2.64 bits per heavy atom. The Morgan fingerprint density at radius 1 is 1.04 bits per heavy atom. The van der Waals surface area contributed by atoms with Crippen molar-refractivity contribution >= 4 is 46.4 Å². The van der Waals surface area contributed by atoms with E-state index < -0.39 is 11.7 Å². The summed E-state index contributed by atoms with van der Waals surface area (Å²) in [6, 6.07) is 12.2. The molecule has 1 heterocycles. The summed E-state index contributed by atoms with van der Waals surface area (Å²) in [6.45, 7) is 0. The maximum absolute atomic E-state index is 13.6. The first-order valence-electron chi connectivity index (χ1n) is 7.14. The van der Waals surface area contributed by atoms with Crippen LogP contribution < -0.4 is 10.6 Å². The molecule has 8 heteroatoms. The van der Waals surface area contributed by atoms with E-state index in [1.54, 1.807) is 24.3 Å². The first kappa shape index (κ1) is 17.1. The van der Waals surface area contributed by atoms with E-state index in [2.05, 4.69) is 20.6 Å². The van der Waals surface area contributed by atoms with Crippen molar-refractivity contribution in [2.24, 2.45) is 0 Å². The second-order valence-corrected chi connectivity index (χ2v) is 5.79. The van der Waals surface area contributed by atoms with Crippen LogP contribution in [0.3, 0.4) is 0 Å². The topological polar surface area (TPSA) is 66.9 Å². The fraction of sp³-hybridized carbons (Fsp3) is 0. The van der Waals surface area contributed by atoms with Crippen LogP contribution in [0.4, 0.5) is 21.7 Å². The van der Waals surface area contributed by atoms with E-state index in [4.69, 9.17) is 23.2 Å². The maximum Gasteiger partial charge on any atom is 0.274 e. The molecule has 5 nitrogen and oxygen atoms in total. The molecular formula is C17H11Cl2FN4O. The fourth-order valence-corrected chi connectivity index (χ4v) is 2.34. The van der Waals surface area contributed by atoms with Gasteiger partial charge in [0, 0.05) is 11.2 Å². The minimum atomic E-state index is -0.562. The molecule has 0 aliphatic heterocycles. The molecule has 0 saturated heterocycles. The van der Waals surface area contributed by atoms with Gasteiger partial charge in [0.05, 0.1) is 16.4 Å². The number of anilines is 3. The van der Waals surface area contributed by atoms with Gasteiger partial charge in [-0.2, -0.15) is 0 Å². The fourth-order valence-electron chi connectivity index (χ4n) is 2.01. The molecule has 126 valence electrons. The highest BCUT2D eigenvalue weighted by Gasteiger charge is 2.12. The smallest absolute Gasteiger partial charge is 0.274 e. The van der Waals surface area contributed by atoms with Crippen molar-refractivity contribution in [3.63, 3.8) is 0 Å². The third kappa shape index (κ3) is 4.23. The molecule has 0 atom stereocenters. The summed E-state index contributed by atoms with van der Waals surface area (Å²) in [5.74, 6) is -0.938. The highest BCUT2D eigenvalue weighted by molar-refractivity contribution is 6.35. The van der Waals surface area contributed by atoms with Crippen molar-refractivity contribution < 1.29 is 9.18 Å². The van der Waals surface area contributed by atoms with E-state index in [1.807, 2.05) is 0 Å². The third-order valence-electron chi connectivity index (χ3n) is 3.19. The molecular weight excluding hydrogens is 366 g/mol. The van der Waals surface area contributed by atoms with Crippen LogP contribution in [0.1, 0.15) is 10.5 Å². The lowest BCUT2D eigenvalue weighted by molar-refractivity contribution is 0.102. The summed E-state index contributed by atoms with van der Waals surface area (Å²) in [6.07, 6.45) is 1.41. The van der Waals surface area contributed by atoms with Gasteiger partial charge in [-0.25, -0.2) is 14.4 Å². The van der Waals surface area contributed by atoms with Crippen LogP contribution in [0, 0.1) is 5.82 Å². The molecule has 1 amide bonds. The van der Waals surface area contributed by atoms with Crippen molar-refractivity contribution in [3.8, 4) is 0 Å². The second kappa shape index (κ2) is 7.46. The first-order chi connectivity index (χ1) is 12.0. The summed E-state index contributed by atoms with van der Waals surface area (Å²) >= 11 is 12.0. The highest BCUT2D eigenvalue weighted by atomic mass is 35.5. The van der Waals surface area contributed by atoms with Crippen LogP contribution in [-0.4, -0.2) is 15.9 Å². The Balaban J connectivity index is 1.80. The number of amides is 1. The Labute approximate surface area is 152 Å². The van der Waals surface area contributed by atoms with Gasteiger partial charge in [0.2, 0.25) is 5.95 Å². The molecule has 0 aliphatic carbocycles. The molecule has 3 aromatic rings. The Bertz CT molecular complexity index is 936. The van der Waals surface area contributed by atoms with E-state index in [1.165, 1.54) is 30.5 Å². The minimum Gasteiger partial charge on any atom is -0.323 e. The summed E-state index contributed by atoms with van der Waals surface area (Å²) < 4.78 is 13.6. The van der Waals surface area contributed by atoms with Crippen LogP contribution in [0.2, 0.25) is 10.0 Å². The standard InChI is InChI=1S/C17H11Cl2FN4O/c18-10-5-6-11(19)15(9-10)24-17-21-8-7-14(23-17)16(25)22-13-4-2-1-3-12(13)20/h1-9H,(H,22,25)(H,21,23,24). The quantitative estimate of drug-likeness (QED) is 0.678. The molecule has 0 radical (unpaired) electrons. The number of aromatic nitrogens is 2. The zero-order valence-electron chi connectivity index (χ0n) is 12.6. The predicted molar refractivity (Wildman–Crippen MR) is 96.1 cm³/mol.